The van der Waals surface area contributed by atoms with Gasteiger partial charge in [-0.1, -0.05) is 12.2 Å². The quantitative estimate of drug-likeness (QED) is 0.522. The molecule has 0 saturated carbocycles. The lowest BCUT2D eigenvalue weighted by molar-refractivity contribution is 0.692. The van der Waals surface area contributed by atoms with Crippen LogP contribution in [0.25, 0.3) is 0 Å². The van der Waals surface area contributed by atoms with Crippen LogP contribution in [0.2, 0.25) is 0 Å². The van der Waals surface area contributed by atoms with Crippen LogP contribution in [-0.2, 0) is 10.8 Å². The molecular formula is C8H10OS. The van der Waals surface area contributed by atoms with E-state index in [-0.39, 0.29) is 0 Å². The third-order valence-electron chi connectivity index (χ3n) is 1.45. The van der Waals surface area contributed by atoms with Gasteiger partial charge in [-0.25, -0.2) is 4.21 Å². The summed E-state index contributed by atoms with van der Waals surface area (Å²) >= 11 is 0. The van der Waals surface area contributed by atoms with E-state index in [1.54, 1.807) is 5.41 Å². The van der Waals surface area contributed by atoms with E-state index in [0.29, 0.717) is 0 Å². The number of allylic oxidation sites excluding steroid dienone is 4. The van der Waals surface area contributed by atoms with Gasteiger partial charge in [0.05, 0.1) is 10.8 Å². The third kappa shape index (κ3) is 1.12. The van der Waals surface area contributed by atoms with E-state index in [1.807, 2.05) is 32.1 Å². The average molecular weight is 154 g/mol. The molecule has 10 heavy (non-hydrogen) atoms. The Balaban J connectivity index is 3.05. The minimum Gasteiger partial charge on any atom is -0.250 e. The van der Waals surface area contributed by atoms with Crippen molar-refractivity contribution in [1.29, 1.82) is 0 Å². The van der Waals surface area contributed by atoms with Gasteiger partial charge in [0.1, 0.15) is 0 Å². The fraction of sp³-hybridized carbons (Fsp3) is 0.250. The summed E-state index contributed by atoms with van der Waals surface area (Å²) in [5.41, 5.74) is 1.08. The molecule has 0 N–H and O–H groups in total. The molecule has 1 atom stereocenters. The summed E-state index contributed by atoms with van der Waals surface area (Å²) in [6, 6.07) is 0. The van der Waals surface area contributed by atoms with E-state index in [2.05, 4.69) is 0 Å². The van der Waals surface area contributed by atoms with Crippen LogP contribution in [0.4, 0.5) is 0 Å². The normalized spacial score (nSPS) is 32.4. The van der Waals surface area contributed by atoms with E-state index in [0.717, 1.165) is 10.5 Å². The van der Waals surface area contributed by atoms with Crippen molar-refractivity contribution in [1.82, 2.24) is 0 Å². The number of hydrogen-bond acceptors (Lipinski definition) is 1. The minimum atomic E-state index is -0.878. The van der Waals surface area contributed by atoms with Crippen LogP contribution in [0.5, 0.6) is 0 Å². The van der Waals surface area contributed by atoms with Gasteiger partial charge in [-0.2, -0.15) is 0 Å². The van der Waals surface area contributed by atoms with E-state index in [9.17, 15) is 4.21 Å². The van der Waals surface area contributed by atoms with E-state index in [4.69, 9.17) is 0 Å². The molecule has 0 spiro atoms. The molecule has 1 heterocycles. The fourth-order valence-corrected chi connectivity index (χ4v) is 2.00. The highest BCUT2D eigenvalue weighted by atomic mass is 32.2. The van der Waals surface area contributed by atoms with Crippen LogP contribution >= 0.6 is 0 Å². The molecule has 0 aromatic heterocycles. The third-order valence-corrected chi connectivity index (χ3v) is 2.73. The van der Waals surface area contributed by atoms with Crippen LogP contribution < -0.4 is 0 Å². The summed E-state index contributed by atoms with van der Waals surface area (Å²) in [5.74, 6) is 0. The molecule has 0 aromatic rings. The molecule has 1 rings (SSSR count). The highest BCUT2D eigenvalue weighted by Crippen LogP contribution is 2.23. The molecule has 0 saturated heterocycles. The van der Waals surface area contributed by atoms with Gasteiger partial charge < -0.3 is 0 Å². The second kappa shape index (κ2) is 2.97. The smallest absolute Gasteiger partial charge is 0.0778 e. The Kier molecular flexibility index (Phi) is 2.22. The van der Waals surface area contributed by atoms with E-state index in [1.165, 1.54) is 0 Å². The molecule has 0 bridgehead atoms. The standard InChI is InChI=1S/C8H10OS/c1-3-7-5-6-10(9)8(7)4-2/h3-6H,1-2H3. The number of hydrogen-bond donors (Lipinski definition) is 0. The van der Waals surface area contributed by atoms with Gasteiger partial charge in [0.2, 0.25) is 0 Å². The molecule has 1 aliphatic rings. The lowest BCUT2D eigenvalue weighted by Gasteiger charge is -1.94. The maximum atomic E-state index is 11.1. The van der Waals surface area contributed by atoms with Crippen LogP contribution in [0.3, 0.4) is 0 Å². The zero-order valence-electron chi connectivity index (χ0n) is 6.13. The monoisotopic (exact) mass is 154 g/mol. The summed E-state index contributed by atoms with van der Waals surface area (Å²) in [4.78, 5) is 0.933. The minimum absolute atomic E-state index is 0.878. The van der Waals surface area contributed by atoms with Crippen LogP contribution in [0.1, 0.15) is 13.8 Å². The Hall–Kier alpha value is -0.630. The maximum Gasteiger partial charge on any atom is 0.0778 e. The largest absolute Gasteiger partial charge is 0.250 e. The Morgan fingerprint density at radius 1 is 1.40 bits per heavy atom. The molecule has 0 amide bonds. The first-order valence-corrected chi connectivity index (χ1v) is 4.42. The second-order valence-corrected chi connectivity index (χ2v) is 3.30. The summed E-state index contributed by atoms with van der Waals surface area (Å²) in [6.45, 7) is 3.86. The zero-order valence-corrected chi connectivity index (χ0v) is 6.94. The Morgan fingerprint density at radius 3 is 2.50 bits per heavy atom. The molecule has 1 nitrogen and oxygen atoms in total. The molecule has 2 heteroatoms. The van der Waals surface area contributed by atoms with Gasteiger partial charge >= 0.3 is 0 Å². The fourth-order valence-electron chi connectivity index (χ4n) is 0.928. The molecule has 0 fully saturated rings. The molecule has 0 radical (unpaired) electrons. The Labute approximate surface area is 63.6 Å². The van der Waals surface area contributed by atoms with Crippen molar-refractivity contribution >= 4 is 10.8 Å². The van der Waals surface area contributed by atoms with Crippen LogP contribution in [0.15, 0.2) is 34.1 Å². The second-order valence-electron chi connectivity index (χ2n) is 2.00. The van der Waals surface area contributed by atoms with Gasteiger partial charge in [-0.3, -0.25) is 0 Å². The number of rotatable bonds is 0. The van der Waals surface area contributed by atoms with Crippen molar-refractivity contribution in [3.63, 3.8) is 0 Å². The summed E-state index contributed by atoms with van der Waals surface area (Å²) in [7, 11) is -0.878. The first-order valence-electron chi connectivity index (χ1n) is 3.21. The Bertz CT molecular complexity index is 246. The average Bonchev–Trinajstić information content (AvgIpc) is 2.30. The van der Waals surface area contributed by atoms with Crippen LogP contribution in [0, 0.1) is 0 Å². The first-order chi connectivity index (χ1) is 4.79. The summed E-state index contributed by atoms with van der Waals surface area (Å²) in [6.07, 6.45) is 5.76. The first kappa shape index (κ1) is 7.48. The van der Waals surface area contributed by atoms with Gasteiger partial charge in [0, 0.05) is 10.3 Å². The van der Waals surface area contributed by atoms with Crippen molar-refractivity contribution in [2.75, 3.05) is 0 Å². The zero-order chi connectivity index (χ0) is 7.56. The molecule has 0 aromatic carbocycles. The van der Waals surface area contributed by atoms with Crippen molar-refractivity contribution in [2.24, 2.45) is 0 Å². The summed E-state index contributed by atoms with van der Waals surface area (Å²) in [5, 5.41) is 1.71. The maximum absolute atomic E-state index is 11.1. The molecular weight excluding hydrogens is 144 g/mol. The Morgan fingerprint density at radius 2 is 2.10 bits per heavy atom. The van der Waals surface area contributed by atoms with Gasteiger partial charge in [-0.15, -0.1) is 0 Å². The van der Waals surface area contributed by atoms with E-state index >= 15 is 0 Å². The molecule has 54 valence electrons. The lowest BCUT2D eigenvalue weighted by Crippen LogP contribution is -1.84. The van der Waals surface area contributed by atoms with Crippen molar-refractivity contribution in [2.45, 2.75) is 13.8 Å². The van der Waals surface area contributed by atoms with Gasteiger partial charge in [-0.05, 0) is 25.5 Å². The van der Waals surface area contributed by atoms with Crippen molar-refractivity contribution in [3.05, 3.63) is 34.1 Å². The highest BCUT2D eigenvalue weighted by molar-refractivity contribution is 7.92. The van der Waals surface area contributed by atoms with Crippen molar-refractivity contribution in [3.8, 4) is 0 Å². The van der Waals surface area contributed by atoms with E-state index < -0.39 is 10.8 Å². The lowest BCUT2D eigenvalue weighted by atomic mass is 10.2. The molecule has 1 aliphatic heterocycles. The van der Waals surface area contributed by atoms with Crippen LogP contribution in [-0.4, -0.2) is 4.21 Å². The molecule has 1 unspecified atom stereocenters. The van der Waals surface area contributed by atoms with Gasteiger partial charge in [0.15, 0.2) is 0 Å². The van der Waals surface area contributed by atoms with Crippen molar-refractivity contribution < 1.29 is 4.21 Å². The summed E-state index contributed by atoms with van der Waals surface area (Å²) < 4.78 is 11.1. The SMILES string of the molecule is CC=C1C=CS(=O)C1=CC. The van der Waals surface area contributed by atoms with Gasteiger partial charge in [0.25, 0.3) is 0 Å². The highest BCUT2D eigenvalue weighted by Gasteiger charge is 2.12. The predicted molar refractivity (Wildman–Crippen MR) is 44.8 cm³/mol. The molecule has 0 aliphatic carbocycles. The predicted octanol–water partition coefficient (Wildman–Crippen LogP) is 2.11. The topological polar surface area (TPSA) is 17.1 Å².